The molecule has 86 valence electrons. The fourth-order valence-corrected chi connectivity index (χ4v) is 1.95. The number of rotatable bonds is 5. The van der Waals surface area contributed by atoms with Crippen LogP contribution in [0, 0.1) is 0 Å². The highest BCUT2D eigenvalue weighted by Crippen LogP contribution is 2.20. The van der Waals surface area contributed by atoms with Crippen LogP contribution in [-0.2, 0) is 14.3 Å². The van der Waals surface area contributed by atoms with E-state index in [4.69, 9.17) is 0 Å². The standard InChI is InChI=1S/C6H12F3NO3S/c1-3-10(4-2)5-14(11,12)13-6(7,8)9/h3-5H2,1-2H3. The zero-order chi connectivity index (χ0) is 11.4. The van der Waals surface area contributed by atoms with Crippen LogP contribution in [0.3, 0.4) is 0 Å². The van der Waals surface area contributed by atoms with Crippen molar-refractivity contribution in [1.82, 2.24) is 4.90 Å². The summed E-state index contributed by atoms with van der Waals surface area (Å²) in [6.07, 6.45) is -5.15. The molecule has 0 radical (unpaired) electrons. The highest BCUT2D eigenvalue weighted by molar-refractivity contribution is 7.86. The van der Waals surface area contributed by atoms with Crippen molar-refractivity contribution in [3.63, 3.8) is 0 Å². The third kappa shape index (κ3) is 6.17. The summed E-state index contributed by atoms with van der Waals surface area (Å²) in [5.74, 6) is -0.750. The molecule has 4 nitrogen and oxygen atoms in total. The van der Waals surface area contributed by atoms with E-state index in [-0.39, 0.29) is 0 Å². The minimum atomic E-state index is -5.15. The van der Waals surface area contributed by atoms with Crippen molar-refractivity contribution in [2.45, 2.75) is 20.2 Å². The van der Waals surface area contributed by atoms with Crippen LogP contribution >= 0.6 is 0 Å². The van der Waals surface area contributed by atoms with E-state index in [0.717, 1.165) is 0 Å². The molecule has 0 heterocycles. The van der Waals surface area contributed by atoms with Gasteiger partial charge in [-0.3, -0.25) is 4.90 Å². The first kappa shape index (κ1) is 13.7. The van der Waals surface area contributed by atoms with Gasteiger partial charge in [-0.05, 0) is 13.1 Å². The molecule has 0 unspecified atom stereocenters. The average Bonchev–Trinajstić information content (AvgIpc) is 1.95. The van der Waals surface area contributed by atoms with Crippen LogP contribution in [0.15, 0.2) is 0 Å². The van der Waals surface area contributed by atoms with E-state index >= 15 is 0 Å². The van der Waals surface area contributed by atoms with Gasteiger partial charge in [-0.25, -0.2) is 0 Å². The molecule has 0 spiro atoms. The second-order valence-corrected chi connectivity index (χ2v) is 4.06. The lowest BCUT2D eigenvalue weighted by atomic mass is 10.6. The van der Waals surface area contributed by atoms with Crippen molar-refractivity contribution in [1.29, 1.82) is 0 Å². The lowest BCUT2D eigenvalue weighted by molar-refractivity contribution is -0.272. The predicted molar refractivity (Wildman–Crippen MR) is 43.8 cm³/mol. The minimum absolute atomic E-state index is 0.344. The summed E-state index contributed by atoms with van der Waals surface area (Å²) in [4.78, 5) is 1.31. The van der Waals surface area contributed by atoms with E-state index in [2.05, 4.69) is 4.18 Å². The van der Waals surface area contributed by atoms with Crippen LogP contribution in [0.2, 0.25) is 0 Å². The Labute approximate surface area is 80.8 Å². The molecule has 0 bridgehead atoms. The van der Waals surface area contributed by atoms with Gasteiger partial charge in [0.1, 0.15) is 5.88 Å². The van der Waals surface area contributed by atoms with Gasteiger partial charge in [0.15, 0.2) is 0 Å². The van der Waals surface area contributed by atoms with E-state index in [1.165, 1.54) is 4.90 Å². The van der Waals surface area contributed by atoms with Crippen molar-refractivity contribution in [2.24, 2.45) is 0 Å². The van der Waals surface area contributed by atoms with Gasteiger partial charge in [-0.1, -0.05) is 13.8 Å². The van der Waals surface area contributed by atoms with Crippen molar-refractivity contribution in [3.05, 3.63) is 0 Å². The molecule has 0 N–H and O–H groups in total. The molecule has 14 heavy (non-hydrogen) atoms. The number of halogens is 3. The third-order valence-electron chi connectivity index (χ3n) is 1.46. The molecule has 0 aromatic heterocycles. The highest BCUT2D eigenvalue weighted by Gasteiger charge is 2.37. The molecule has 0 fully saturated rings. The maximum Gasteiger partial charge on any atom is 0.537 e. The predicted octanol–water partition coefficient (Wildman–Crippen LogP) is 1.15. The zero-order valence-corrected chi connectivity index (χ0v) is 8.65. The molecule has 8 heteroatoms. The summed E-state index contributed by atoms with van der Waals surface area (Å²) in [7, 11) is -4.56. The Bertz CT molecular complexity index is 258. The van der Waals surface area contributed by atoms with Gasteiger partial charge >= 0.3 is 6.36 Å². The first-order valence-corrected chi connectivity index (χ1v) is 5.50. The van der Waals surface area contributed by atoms with Gasteiger partial charge in [0.05, 0.1) is 0 Å². The number of hydrogen-bond donors (Lipinski definition) is 0. The van der Waals surface area contributed by atoms with Crippen LogP contribution in [0.4, 0.5) is 13.2 Å². The van der Waals surface area contributed by atoms with Gasteiger partial charge in [-0.2, -0.15) is 12.6 Å². The first-order chi connectivity index (χ1) is 6.20. The number of hydrogen-bond acceptors (Lipinski definition) is 4. The maximum atomic E-state index is 11.6. The molecule has 0 aliphatic rings. The van der Waals surface area contributed by atoms with Crippen molar-refractivity contribution in [2.75, 3.05) is 19.0 Å². The summed E-state index contributed by atoms with van der Waals surface area (Å²) >= 11 is 0. The quantitative estimate of drug-likeness (QED) is 0.671. The molecule has 0 atom stereocenters. The summed E-state index contributed by atoms with van der Waals surface area (Å²) in [6, 6.07) is 0. The Morgan fingerprint density at radius 1 is 1.21 bits per heavy atom. The Morgan fingerprint density at radius 2 is 1.64 bits per heavy atom. The van der Waals surface area contributed by atoms with E-state index in [0.29, 0.717) is 13.1 Å². The smallest absolute Gasteiger partial charge is 0.288 e. The Morgan fingerprint density at radius 3 is 1.93 bits per heavy atom. The second-order valence-electron chi connectivity index (χ2n) is 2.52. The molecule has 0 saturated carbocycles. The van der Waals surface area contributed by atoms with Crippen molar-refractivity contribution < 1.29 is 25.8 Å². The summed E-state index contributed by atoms with van der Waals surface area (Å²) in [5, 5.41) is 0. The fraction of sp³-hybridized carbons (Fsp3) is 1.00. The van der Waals surface area contributed by atoms with E-state index in [1.807, 2.05) is 0 Å². The molecule has 0 aliphatic carbocycles. The van der Waals surface area contributed by atoms with Crippen LogP contribution in [0.25, 0.3) is 0 Å². The topological polar surface area (TPSA) is 46.6 Å². The molecule has 0 aromatic carbocycles. The maximum absolute atomic E-state index is 11.6. The van der Waals surface area contributed by atoms with E-state index in [1.54, 1.807) is 13.8 Å². The second kappa shape index (κ2) is 4.94. The number of nitrogens with zero attached hydrogens (tertiary/aromatic N) is 1. The summed E-state index contributed by atoms with van der Waals surface area (Å²) in [5.41, 5.74) is 0. The SMILES string of the molecule is CCN(CC)CS(=O)(=O)OC(F)(F)F. The van der Waals surface area contributed by atoms with Gasteiger partial charge < -0.3 is 0 Å². The van der Waals surface area contributed by atoms with Gasteiger partial charge in [-0.15, -0.1) is 13.2 Å². The monoisotopic (exact) mass is 235 g/mol. The molecular weight excluding hydrogens is 223 g/mol. The largest absolute Gasteiger partial charge is 0.537 e. The van der Waals surface area contributed by atoms with Gasteiger partial charge in [0.2, 0.25) is 0 Å². The van der Waals surface area contributed by atoms with Crippen LogP contribution < -0.4 is 0 Å². The van der Waals surface area contributed by atoms with Crippen LogP contribution in [0.5, 0.6) is 0 Å². The fourth-order valence-electron chi connectivity index (χ4n) is 0.800. The normalized spacial score (nSPS) is 13.6. The molecule has 0 amide bonds. The lowest BCUT2D eigenvalue weighted by Crippen LogP contribution is -2.33. The molecule has 0 rings (SSSR count). The summed E-state index contributed by atoms with van der Waals surface area (Å²) in [6.45, 7) is 3.98. The van der Waals surface area contributed by atoms with Crippen LogP contribution in [0.1, 0.15) is 13.8 Å². The van der Waals surface area contributed by atoms with Gasteiger partial charge in [0.25, 0.3) is 10.1 Å². The Balaban J connectivity index is 4.35. The van der Waals surface area contributed by atoms with E-state index in [9.17, 15) is 21.6 Å². The van der Waals surface area contributed by atoms with Crippen LogP contribution in [-0.4, -0.2) is 38.6 Å². The molecule has 0 aliphatic heterocycles. The lowest BCUT2D eigenvalue weighted by Gasteiger charge is -2.17. The molecular formula is C6H12F3NO3S. The van der Waals surface area contributed by atoms with Crippen molar-refractivity contribution >= 4 is 10.1 Å². The van der Waals surface area contributed by atoms with Crippen molar-refractivity contribution in [3.8, 4) is 0 Å². The minimum Gasteiger partial charge on any atom is -0.288 e. The third-order valence-corrected chi connectivity index (χ3v) is 2.58. The Kier molecular flexibility index (Phi) is 4.82. The first-order valence-electron chi connectivity index (χ1n) is 3.92. The average molecular weight is 235 g/mol. The van der Waals surface area contributed by atoms with Gasteiger partial charge in [0, 0.05) is 0 Å². The summed E-state index contributed by atoms with van der Waals surface area (Å²) < 4.78 is 59.3. The molecule has 0 aromatic rings. The Hall–Kier alpha value is -0.340. The highest BCUT2D eigenvalue weighted by atomic mass is 32.2. The number of alkyl halides is 3. The molecule has 0 saturated heterocycles. The zero-order valence-electron chi connectivity index (χ0n) is 7.84. The van der Waals surface area contributed by atoms with E-state index < -0.39 is 22.4 Å².